The van der Waals surface area contributed by atoms with Crippen LogP contribution in [0, 0.1) is 17.1 Å². The maximum absolute atomic E-state index is 15.1. The number of rotatable bonds is 5. The minimum Gasteiger partial charge on any atom is -0.477 e. The number of carboxylic acids is 1. The van der Waals surface area contributed by atoms with E-state index in [-0.39, 0.29) is 22.6 Å². The third kappa shape index (κ3) is 4.64. The highest BCUT2D eigenvalue weighted by molar-refractivity contribution is 6.01. The van der Waals surface area contributed by atoms with Crippen molar-refractivity contribution in [3.8, 4) is 6.07 Å². The minimum absolute atomic E-state index is 0.00604. The number of hydrogen-bond donors (Lipinski definition) is 1. The van der Waals surface area contributed by atoms with Crippen LogP contribution in [0.3, 0.4) is 0 Å². The Hall–Kier alpha value is -4.45. The summed E-state index contributed by atoms with van der Waals surface area (Å²) in [6.07, 6.45) is 2.82. The van der Waals surface area contributed by atoms with Crippen LogP contribution in [-0.2, 0) is 11.3 Å². The summed E-state index contributed by atoms with van der Waals surface area (Å²) >= 11 is 0. The number of pyridine rings is 1. The Bertz CT molecular complexity index is 1430. The maximum Gasteiger partial charge on any atom is 0.341 e. The van der Waals surface area contributed by atoms with Crippen molar-refractivity contribution in [2.45, 2.75) is 13.5 Å². The second-order valence-electron chi connectivity index (χ2n) is 8.14. The predicted molar refractivity (Wildman–Crippen MR) is 130 cm³/mol. The highest BCUT2D eigenvalue weighted by atomic mass is 19.1. The van der Waals surface area contributed by atoms with Gasteiger partial charge in [0.25, 0.3) is 5.91 Å². The number of piperazine rings is 1. The Labute approximate surface area is 200 Å². The number of hydrogen-bond acceptors (Lipinski definition) is 5. The zero-order valence-corrected chi connectivity index (χ0v) is 19.1. The number of benzene rings is 2. The number of fused-ring (bicyclic) bond motifs is 1. The second-order valence-corrected chi connectivity index (χ2v) is 8.14. The van der Waals surface area contributed by atoms with E-state index in [0.717, 1.165) is 11.6 Å². The molecule has 9 heteroatoms. The Kier molecular flexibility index (Phi) is 6.64. The summed E-state index contributed by atoms with van der Waals surface area (Å²) in [5.41, 5.74) is 0.359. The average Bonchev–Trinajstić information content (AvgIpc) is 2.87. The molecule has 1 aromatic heterocycles. The molecule has 0 saturated carbocycles. The van der Waals surface area contributed by atoms with E-state index in [0.29, 0.717) is 38.2 Å². The van der Waals surface area contributed by atoms with Crippen molar-refractivity contribution in [1.29, 1.82) is 5.26 Å². The van der Waals surface area contributed by atoms with Gasteiger partial charge in [-0.1, -0.05) is 30.3 Å². The second kappa shape index (κ2) is 9.81. The van der Waals surface area contributed by atoms with Gasteiger partial charge in [0, 0.05) is 44.3 Å². The number of nitrogens with zero attached hydrogens (tertiary/aromatic N) is 4. The van der Waals surface area contributed by atoms with Crippen LogP contribution < -0.4 is 10.3 Å². The van der Waals surface area contributed by atoms with Gasteiger partial charge in [0.05, 0.1) is 11.2 Å². The van der Waals surface area contributed by atoms with Crippen LogP contribution in [0.2, 0.25) is 0 Å². The Morgan fingerprint density at radius 3 is 2.43 bits per heavy atom. The predicted octanol–water partition coefficient (Wildman–Crippen LogP) is 3.11. The average molecular weight is 474 g/mol. The monoisotopic (exact) mass is 474 g/mol. The molecule has 4 rings (SSSR count). The SMILES string of the molecule is CCn1cc(C(=O)O)c(=O)c2cc(F)c(N3CCN(C(=O)C(C#N)=Cc4ccccc4)CC3)cc21. The largest absolute Gasteiger partial charge is 0.477 e. The smallest absolute Gasteiger partial charge is 0.341 e. The summed E-state index contributed by atoms with van der Waals surface area (Å²) in [4.78, 5) is 40.2. The van der Waals surface area contributed by atoms with Gasteiger partial charge in [-0.2, -0.15) is 5.26 Å². The number of carbonyl (C=O) groups is 2. The number of halogens is 1. The Morgan fingerprint density at radius 2 is 1.83 bits per heavy atom. The van der Waals surface area contributed by atoms with Crippen molar-refractivity contribution in [1.82, 2.24) is 9.47 Å². The first-order valence-corrected chi connectivity index (χ1v) is 11.1. The number of amides is 1. The molecule has 0 aliphatic carbocycles. The first kappa shape index (κ1) is 23.7. The van der Waals surface area contributed by atoms with Crippen LogP contribution in [0.15, 0.2) is 59.0 Å². The number of carbonyl (C=O) groups excluding carboxylic acids is 1. The van der Waals surface area contributed by atoms with E-state index >= 15 is 4.39 Å². The summed E-state index contributed by atoms with van der Waals surface area (Å²) in [6, 6.07) is 13.7. The zero-order valence-electron chi connectivity index (χ0n) is 19.1. The Morgan fingerprint density at radius 1 is 1.14 bits per heavy atom. The normalized spacial score (nSPS) is 14.1. The molecule has 178 valence electrons. The van der Waals surface area contributed by atoms with Gasteiger partial charge in [0.1, 0.15) is 23.0 Å². The third-order valence-electron chi connectivity index (χ3n) is 6.09. The molecule has 0 radical (unpaired) electrons. The number of aromatic nitrogens is 1. The fraction of sp³-hybridized carbons (Fsp3) is 0.231. The van der Waals surface area contributed by atoms with Crippen LogP contribution in [0.5, 0.6) is 0 Å². The number of nitriles is 1. The van der Waals surface area contributed by atoms with E-state index in [2.05, 4.69) is 0 Å². The van der Waals surface area contributed by atoms with E-state index in [1.165, 1.54) is 6.20 Å². The van der Waals surface area contributed by atoms with Crippen molar-refractivity contribution in [3.05, 3.63) is 81.4 Å². The van der Waals surface area contributed by atoms with Gasteiger partial charge in [-0.3, -0.25) is 9.59 Å². The molecule has 3 aromatic rings. The first-order valence-electron chi connectivity index (χ1n) is 11.1. The van der Waals surface area contributed by atoms with Gasteiger partial charge < -0.3 is 19.5 Å². The van der Waals surface area contributed by atoms with Gasteiger partial charge in [-0.15, -0.1) is 0 Å². The molecule has 2 heterocycles. The molecule has 0 atom stereocenters. The molecular formula is C26H23FN4O4. The standard InChI is InChI=1S/C26H23FN4O4/c1-2-29-16-20(26(34)35)24(32)19-13-21(27)23(14-22(19)29)30-8-10-31(11-9-30)25(33)18(15-28)12-17-6-4-3-5-7-17/h3-7,12-14,16H,2,8-11H2,1H3,(H,34,35). The molecule has 1 N–H and O–H groups in total. The number of aryl methyl sites for hydroxylation is 1. The van der Waals surface area contributed by atoms with Crippen molar-refractivity contribution >= 4 is 34.5 Å². The number of anilines is 1. The van der Waals surface area contributed by atoms with Gasteiger partial charge in [-0.05, 0) is 30.7 Å². The van der Waals surface area contributed by atoms with Crippen LogP contribution in [0.4, 0.5) is 10.1 Å². The summed E-state index contributed by atoms with van der Waals surface area (Å²) in [7, 11) is 0. The first-order chi connectivity index (χ1) is 16.8. The van der Waals surface area contributed by atoms with E-state index in [1.54, 1.807) is 45.6 Å². The number of carboxylic acid groups (broad SMARTS) is 1. The van der Waals surface area contributed by atoms with E-state index < -0.39 is 22.8 Å². The molecule has 1 fully saturated rings. The van der Waals surface area contributed by atoms with Crippen LogP contribution >= 0.6 is 0 Å². The van der Waals surface area contributed by atoms with Crippen LogP contribution in [-0.4, -0.2) is 52.6 Å². The maximum atomic E-state index is 15.1. The molecule has 1 saturated heterocycles. The Balaban J connectivity index is 1.58. The fourth-order valence-electron chi connectivity index (χ4n) is 4.23. The molecule has 8 nitrogen and oxygen atoms in total. The van der Waals surface area contributed by atoms with Crippen molar-refractivity contribution in [2.24, 2.45) is 0 Å². The lowest BCUT2D eigenvalue weighted by molar-refractivity contribution is -0.126. The van der Waals surface area contributed by atoms with Gasteiger partial charge >= 0.3 is 5.97 Å². The summed E-state index contributed by atoms with van der Waals surface area (Å²) in [5.74, 6) is -2.38. The molecule has 0 unspecified atom stereocenters. The molecule has 2 aromatic carbocycles. The van der Waals surface area contributed by atoms with E-state index in [4.69, 9.17) is 0 Å². The highest BCUT2D eigenvalue weighted by Gasteiger charge is 2.26. The molecule has 1 aliphatic heterocycles. The van der Waals surface area contributed by atoms with Gasteiger partial charge in [0.15, 0.2) is 0 Å². The van der Waals surface area contributed by atoms with Crippen LogP contribution in [0.25, 0.3) is 17.0 Å². The van der Waals surface area contributed by atoms with Gasteiger partial charge in [-0.25, -0.2) is 9.18 Å². The summed E-state index contributed by atoms with van der Waals surface area (Å²) < 4.78 is 16.7. The van der Waals surface area contributed by atoms with Crippen molar-refractivity contribution < 1.29 is 19.1 Å². The molecule has 1 amide bonds. The minimum atomic E-state index is -1.36. The third-order valence-corrected chi connectivity index (χ3v) is 6.09. The lowest BCUT2D eigenvalue weighted by Crippen LogP contribution is -2.49. The van der Waals surface area contributed by atoms with Crippen molar-refractivity contribution in [3.63, 3.8) is 0 Å². The molecular weight excluding hydrogens is 451 g/mol. The number of aromatic carboxylic acids is 1. The van der Waals surface area contributed by atoms with E-state index in [9.17, 15) is 24.8 Å². The van der Waals surface area contributed by atoms with E-state index in [1.807, 2.05) is 24.3 Å². The van der Waals surface area contributed by atoms with Crippen LogP contribution in [0.1, 0.15) is 22.8 Å². The topological polar surface area (TPSA) is 107 Å². The molecule has 1 aliphatic rings. The van der Waals surface area contributed by atoms with Crippen molar-refractivity contribution in [2.75, 3.05) is 31.1 Å². The molecule has 35 heavy (non-hydrogen) atoms. The summed E-state index contributed by atoms with van der Waals surface area (Å²) in [6.45, 7) is 3.46. The molecule has 0 spiro atoms. The molecule has 0 bridgehead atoms. The summed E-state index contributed by atoms with van der Waals surface area (Å²) in [5, 5.41) is 18.8. The highest BCUT2D eigenvalue weighted by Crippen LogP contribution is 2.26. The van der Waals surface area contributed by atoms with Gasteiger partial charge in [0.2, 0.25) is 5.43 Å². The lowest BCUT2D eigenvalue weighted by Gasteiger charge is -2.36. The fourth-order valence-corrected chi connectivity index (χ4v) is 4.23. The zero-order chi connectivity index (χ0) is 25.1. The lowest BCUT2D eigenvalue weighted by atomic mass is 10.1. The quantitative estimate of drug-likeness (QED) is 0.450.